The van der Waals surface area contributed by atoms with Gasteiger partial charge in [-0.2, -0.15) is 5.10 Å². The van der Waals surface area contributed by atoms with Crippen LogP contribution in [-0.2, 0) is 0 Å². The average Bonchev–Trinajstić information content (AvgIpc) is 2.70. The molecule has 0 fully saturated rings. The number of aromatic nitrogens is 2. The van der Waals surface area contributed by atoms with Crippen molar-refractivity contribution in [2.24, 2.45) is 5.10 Å². The fourth-order valence-electron chi connectivity index (χ4n) is 2.81. The molecule has 22 heavy (non-hydrogen) atoms. The van der Waals surface area contributed by atoms with Gasteiger partial charge in [-0.15, -0.1) is 0 Å². The Bertz CT molecular complexity index is 862. The summed E-state index contributed by atoms with van der Waals surface area (Å²) in [6.07, 6.45) is 1.40. The Morgan fingerprint density at radius 3 is 2.59 bits per heavy atom. The van der Waals surface area contributed by atoms with Gasteiger partial charge < -0.3 is 5.11 Å². The number of hydrogen-bond acceptors (Lipinski definition) is 5. The van der Waals surface area contributed by atoms with Gasteiger partial charge in [0.05, 0.1) is 39.6 Å². The van der Waals surface area contributed by atoms with Crippen LogP contribution in [0.2, 0.25) is 10.0 Å². The van der Waals surface area contributed by atoms with Gasteiger partial charge in [0.1, 0.15) is 5.52 Å². The number of likely N-dealkylation sites (N-methyl/N-ethyl adjacent to an activating group) is 1. The van der Waals surface area contributed by atoms with E-state index in [1.807, 2.05) is 20.9 Å². The van der Waals surface area contributed by atoms with Gasteiger partial charge in [-0.3, -0.25) is 14.4 Å². The zero-order chi connectivity index (χ0) is 16.2. The molecule has 2 heterocycles. The van der Waals surface area contributed by atoms with Crippen molar-refractivity contribution in [3.8, 4) is 5.75 Å². The fourth-order valence-corrected chi connectivity index (χ4v) is 3.35. The normalized spacial score (nSPS) is 21.5. The van der Waals surface area contributed by atoms with Crippen molar-refractivity contribution in [3.05, 3.63) is 32.8 Å². The maximum Gasteiger partial charge on any atom is 0.263 e. The number of rotatable bonds is 1. The van der Waals surface area contributed by atoms with Crippen LogP contribution in [0.25, 0.3) is 10.9 Å². The van der Waals surface area contributed by atoms with E-state index in [-0.39, 0.29) is 44.3 Å². The Labute approximate surface area is 136 Å². The number of phenols is 1. The fraction of sp³-hybridized carbons (Fsp3) is 0.357. The minimum Gasteiger partial charge on any atom is -0.504 e. The third-order valence-corrected chi connectivity index (χ3v) is 4.61. The highest BCUT2D eigenvalue weighted by atomic mass is 35.5. The minimum atomic E-state index is -0.330. The number of nitrogens with zero attached hydrogens (tertiary/aromatic N) is 4. The van der Waals surface area contributed by atoms with Crippen molar-refractivity contribution >= 4 is 39.8 Å². The number of hydrazone groups is 1. The molecule has 0 aliphatic carbocycles. The van der Waals surface area contributed by atoms with Crippen LogP contribution in [0, 0.1) is 0 Å². The molecule has 2 atom stereocenters. The second-order valence-electron chi connectivity index (χ2n) is 5.37. The molecule has 0 saturated heterocycles. The van der Waals surface area contributed by atoms with Crippen LogP contribution in [0.1, 0.15) is 19.9 Å². The molecule has 1 aromatic heterocycles. The monoisotopic (exact) mass is 340 g/mol. The molecule has 0 radical (unpaired) electrons. The third kappa shape index (κ3) is 2.06. The molecule has 6 nitrogen and oxygen atoms in total. The summed E-state index contributed by atoms with van der Waals surface area (Å²) in [7, 11) is 1.85. The number of halogens is 2. The first kappa shape index (κ1) is 15.1. The van der Waals surface area contributed by atoms with E-state index in [1.54, 1.807) is 5.01 Å². The molecule has 116 valence electrons. The largest absolute Gasteiger partial charge is 0.504 e. The van der Waals surface area contributed by atoms with Gasteiger partial charge in [0.2, 0.25) is 0 Å². The molecule has 2 aromatic rings. The van der Waals surface area contributed by atoms with E-state index in [0.29, 0.717) is 0 Å². The van der Waals surface area contributed by atoms with Crippen LogP contribution >= 0.6 is 23.2 Å². The standard InChI is InChI=1S/C14H14Cl2N4O2/c1-6-12(7(2)19(3)18-6)20-5-17-11-10(14(20)22)8(15)4-9(16)13(11)21/h4-5,7,12,21H,1-3H3. The molecule has 1 aliphatic heterocycles. The van der Waals surface area contributed by atoms with Crippen LogP contribution in [0.15, 0.2) is 22.3 Å². The van der Waals surface area contributed by atoms with Crippen molar-refractivity contribution in [2.75, 3.05) is 7.05 Å². The van der Waals surface area contributed by atoms with E-state index < -0.39 is 0 Å². The van der Waals surface area contributed by atoms with Crippen molar-refractivity contribution in [1.29, 1.82) is 0 Å². The molecule has 8 heteroatoms. The van der Waals surface area contributed by atoms with Gasteiger partial charge in [-0.25, -0.2) is 4.98 Å². The van der Waals surface area contributed by atoms with E-state index >= 15 is 0 Å². The Morgan fingerprint density at radius 1 is 1.32 bits per heavy atom. The number of phenolic OH excluding ortho intramolecular Hbond substituents is 1. The van der Waals surface area contributed by atoms with Gasteiger partial charge in [0, 0.05) is 7.05 Å². The second-order valence-corrected chi connectivity index (χ2v) is 6.18. The Kier molecular flexibility index (Phi) is 3.53. The van der Waals surface area contributed by atoms with E-state index in [4.69, 9.17) is 23.2 Å². The average molecular weight is 341 g/mol. The molecule has 1 N–H and O–H groups in total. The lowest BCUT2D eigenvalue weighted by molar-refractivity contribution is 0.262. The summed E-state index contributed by atoms with van der Waals surface area (Å²) >= 11 is 12.0. The zero-order valence-corrected chi connectivity index (χ0v) is 13.7. The number of fused-ring (bicyclic) bond motifs is 1. The van der Waals surface area contributed by atoms with Crippen LogP contribution < -0.4 is 5.56 Å². The van der Waals surface area contributed by atoms with Gasteiger partial charge in [-0.1, -0.05) is 23.2 Å². The summed E-state index contributed by atoms with van der Waals surface area (Å²) in [6.45, 7) is 3.84. The van der Waals surface area contributed by atoms with E-state index in [1.165, 1.54) is 17.0 Å². The zero-order valence-electron chi connectivity index (χ0n) is 12.2. The highest BCUT2D eigenvalue weighted by Gasteiger charge is 2.32. The van der Waals surface area contributed by atoms with Crippen molar-refractivity contribution in [2.45, 2.75) is 25.9 Å². The predicted molar refractivity (Wildman–Crippen MR) is 87.1 cm³/mol. The van der Waals surface area contributed by atoms with Crippen molar-refractivity contribution in [1.82, 2.24) is 14.6 Å². The van der Waals surface area contributed by atoms with E-state index in [0.717, 1.165) is 5.71 Å². The lowest BCUT2D eigenvalue weighted by Gasteiger charge is -2.22. The summed E-state index contributed by atoms with van der Waals surface area (Å²) in [6, 6.07) is 1.12. The summed E-state index contributed by atoms with van der Waals surface area (Å²) in [5.74, 6) is -0.243. The number of hydrogen-bond donors (Lipinski definition) is 1. The smallest absolute Gasteiger partial charge is 0.263 e. The van der Waals surface area contributed by atoms with E-state index in [2.05, 4.69) is 10.1 Å². The van der Waals surface area contributed by atoms with Crippen molar-refractivity contribution in [3.63, 3.8) is 0 Å². The molecular weight excluding hydrogens is 327 g/mol. The maximum atomic E-state index is 12.8. The van der Waals surface area contributed by atoms with E-state index in [9.17, 15) is 9.90 Å². The number of aromatic hydroxyl groups is 1. The minimum absolute atomic E-state index is 0.0108. The van der Waals surface area contributed by atoms with Crippen molar-refractivity contribution < 1.29 is 5.11 Å². The summed E-state index contributed by atoms with van der Waals surface area (Å²) in [4.78, 5) is 17.0. The Morgan fingerprint density at radius 2 is 2.00 bits per heavy atom. The first-order chi connectivity index (χ1) is 10.3. The summed E-state index contributed by atoms with van der Waals surface area (Å²) in [5.41, 5.74) is 0.587. The topological polar surface area (TPSA) is 70.7 Å². The number of benzene rings is 1. The first-order valence-electron chi connectivity index (χ1n) is 6.68. The van der Waals surface area contributed by atoms with Crippen LogP contribution in [0.5, 0.6) is 5.75 Å². The SMILES string of the molecule is CC1=NN(C)C(C)C1n1cnc2c(O)c(Cl)cc(Cl)c2c1=O. The summed E-state index contributed by atoms with van der Waals surface area (Å²) < 4.78 is 1.49. The molecular formula is C14H14Cl2N4O2. The summed E-state index contributed by atoms with van der Waals surface area (Å²) in [5, 5.41) is 16.5. The van der Waals surface area contributed by atoms with Crippen LogP contribution in [-0.4, -0.2) is 38.5 Å². The Balaban J connectivity index is 2.29. The highest BCUT2D eigenvalue weighted by Crippen LogP contribution is 2.35. The quantitative estimate of drug-likeness (QED) is 0.866. The first-order valence-corrected chi connectivity index (χ1v) is 7.44. The lowest BCUT2D eigenvalue weighted by Crippen LogP contribution is -2.36. The van der Waals surface area contributed by atoms with Gasteiger partial charge in [-0.05, 0) is 19.9 Å². The highest BCUT2D eigenvalue weighted by molar-refractivity contribution is 6.39. The van der Waals surface area contributed by atoms with Crippen LogP contribution in [0.4, 0.5) is 0 Å². The van der Waals surface area contributed by atoms with Crippen LogP contribution in [0.3, 0.4) is 0 Å². The molecule has 1 aromatic carbocycles. The molecule has 0 saturated carbocycles. The lowest BCUT2D eigenvalue weighted by atomic mass is 10.1. The predicted octanol–water partition coefficient (Wildman–Crippen LogP) is 2.66. The molecule has 0 bridgehead atoms. The molecule has 0 spiro atoms. The van der Waals surface area contributed by atoms with Gasteiger partial charge in [0.25, 0.3) is 5.56 Å². The third-order valence-electron chi connectivity index (χ3n) is 4.03. The van der Waals surface area contributed by atoms with Gasteiger partial charge in [0.15, 0.2) is 5.75 Å². The molecule has 2 unspecified atom stereocenters. The molecule has 0 amide bonds. The Hall–Kier alpha value is -1.79. The molecule has 3 rings (SSSR count). The van der Waals surface area contributed by atoms with Gasteiger partial charge >= 0.3 is 0 Å². The maximum absolute atomic E-state index is 12.8. The molecule has 1 aliphatic rings. The second kappa shape index (κ2) is 5.14.